The van der Waals surface area contributed by atoms with Gasteiger partial charge in [-0.25, -0.2) is 4.39 Å². The molecule has 0 aliphatic carbocycles. The highest BCUT2D eigenvalue weighted by atomic mass is 127. The Morgan fingerprint density at radius 3 is 2.66 bits per heavy atom. The summed E-state index contributed by atoms with van der Waals surface area (Å²) < 4.78 is 13.6. The van der Waals surface area contributed by atoms with E-state index in [-0.39, 0.29) is 47.3 Å². The number of para-hydroxylation sites is 1. The minimum atomic E-state index is -0.398. The molecule has 172 valence electrons. The molecule has 2 amide bonds. The quantitative estimate of drug-likeness (QED) is 0.184. The number of amides is 2. The summed E-state index contributed by atoms with van der Waals surface area (Å²) in [4.78, 5) is 28.8. The molecule has 1 unspecified atom stereocenters. The fourth-order valence-electron chi connectivity index (χ4n) is 3.40. The summed E-state index contributed by atoms with van der Waals surface area (Å²) in [7, 11) is 0. The van der Waals surface area contributed by atoms with Gasteiger partial charge < -0.3 is 21.3 Å². The Morgan fingerprint density at radius 2 is 1.91 bits per heavy atom. The second kappa shape index (κ2) is 12.4. The average molecular weight is 553 g/mol. The predicted octanol–water partition coefficient (Wildman–Crippen LogP) is 3.16. The molecule has 0 fully saturated rings. The lowest BCUT2D eigenvalue weighted by atomic mass is 9.91. The van der Waals surface area contributed by atoms with E-state index in [0.29, 0.717) is 44.1 Å². The summed E-state index contributed by atoms with van der Waals surface area (Å²) in [5.41, 5.74) is 2.71. The molecule has 0 aromatic heterocycles. The van der Waals surface area contributed by atoms with Gasteiger partial charge in [-0.1, -0.05) is 24.3 Å². The summed E-state index contributed by atoms with van der Waals surface area (Å²) in [6.07, 6.45) is 0.392. The molecule has 7 nitrogen and oxygen atoms in total. The number of carbonyl (C=O) groups is 2. The first-order chi connectivity index (χ1) is 15.0. The topological polar surface area (TPSA) is 94.6 Å². The van der Waals surface area contributed by atoms with Crippen LogP contribution >= 0.6 is 24.0 Å². The fourth-order valence-corrected chi connectivity index (χ4v) is 3.40. The standard InChI is InChI=1S/C23H28FN5O2.HI/c1-3-25-23(27-11-10-26-22(31)16-9-8-15(2)19(24)12-16)28-14-17-13-21(30)29-20-7-5-4-6-18(17)20;/h4-9,12,17H,3,10-11,13-14H2,1-2H3,(H,26,31)(H,29,30)(H2,25,27,28);1H. The van der Waals surface area contributed by atoms with Gasteiger partial charge in [-0.15, -0.1) is 24.0 Å². The number of hydrogen-bond acceptors (Lipinski definition) is 3. The van der Waals surface area contributed by atoms with Crippen molar-refractivity contribution in [2.75, 3.05) is 31.5 Å². The van der Waals surface area contributed by atoms with Gasteiger partial charge in [0, 0.05) is 43.2 Å². The molecule has 1 aliphatic heterocycles. The lowest BCUT2D eigenvalue weighted by Crippen LogP contribution is -2.41. The molecule has 0 bridgehead atoms. The van der Waals surface area contributed by atoms with Crippen molar-refractivity contribution in [1.29, 1.82) is 0 Å². The molecule has 0 spiro atoms. The SMILES string of the molecule is CCNC(=NCC1CC(=O)Nc2ccccc21)NCCNC(=O)c1ccc(C)c(F)c1.I. The van der Waals surface area contributed by atoms with Crippen molar-refractivity contribution in [1.82, 2.24) is 16.0 Å². The molecule has 4 N–H and O–H groups in total. The molecule has 1 heterocycles. The van der Waals surface area contributed by atoms with Crippen LogP contribution in [0.5, 0.6) is 0 Å². The summed E-state index contributed by atoms with van der Waals surface area (Å²) in [6.45, 7) is 5.58. The molecule has 1 aliphatic rings. The Labute approximate surface area is 204 Å². The molecule has 0 saturated carbocycles. The largest absolute Gasteiger partial charge is 0.357 e. The van der Waals surface area contributed by atoms with Crippen molar-refractivity contribution in [2.24, 2.45) is 4.99 Å². The van der Waals surface area contributed by atoms with Crippen LogP contribution in [0.3, 0.4) is 0 Å². The van der Waals surface area contributed by atoms with E-state index in [9.17, 15) is 14.0 Å². The number of nitrogens with zero attached hydrogens (tertiary/aromatic N) is 1. The Bertz CT molecular complexity index is 983. The van der Waals surface area contributed by atoms with Crippen LogP contribution in [0.2, 0.25) is 0 Å². The zero-order valence-electron chi connectivity index (χ0n) is 18.2. The summed E-state index contributed by atoms with van der Waals surface area (Å²) >= 11 is 0. The molecule has 0 saturated heterocycles. The highest BCUT2D eigenvalue weighted by Crippen LogP contribution is 2.31. The van der Waals surface area contributed by atoms with Crippen LogP contribution in [0.15, 0.2) is 47.5 Å². The number of benzene rings is 2. The molecular formula is C23H29FIN5O2. The smallest absolute Gasteiger partial charge is 0.251 e. The van der Waals surface area contributed by atoms with E-state index >= 15 is 0 Å². The van der Waals surface area contributed by atoms with E-state index in [1.54, 1.807) is 19.1 Å². The van der Waals surface area contributed by atoms with Gasteiger partial charge in [0.25, 0.3) is 5.91 Å². The molecule has 9 heteroatoms. The third kappa shape index (κ3) is 6.91. The zero-order chi connectivity index (χ0) is 22.2. The van der Waals surface area contributed by atoms with Gasteiger partial charge in [-0.05, 0) is 43.2 Å². The Morgan fingerprint density at radius 1 is 1.16 bits per heavy atom. The van der Waals surface area contributed by atoms with Crippen LogP contribution in [-0.2, 0) is 4.79 Å². The van der Waals surface area contributed by atoms with Gasteiger partial charge in [0.15, 0.2) is 5.96 Å². The number of guanidine groups is 1. The maximum atomic E-state index is 13.6. The van der Waals surface area contributed by atoms with E-state index in [0.717, 1.165) is 11.3 Å². The van der Waals surface area contributed by atoms with Crippen molar-refractivity contribution in [3.8, 4) is 0 Å². The van der Waals surface area contributed by atoms with E-state index in [4.69, 9.17) is 0 Å². The maximum Gasteiger partial charge on any atom is 0.251 e. The number of hydrogen-bond donors (Lipinski definition) is 4. The van der Waals surface area contributed by atoms with Gasteiger partial charge in [-0.2, -0.15) is 0 Å². The van der Waals surface area contributed by atoms with E-state index in [1.807, 2.05) is 31.2 Å². The van der Waals surface area contributed by atoms with Crippen LogP contribution < -0.4 is 21.3 Å². The number of aryl methyl sites for hydroxylation is 1. The second-order valence-corrected chi connectivity index (χ2v) is 7.40. The summed E-state index contributed by atoms with van der Waals surface area (Å²) in [6, 6.07) is 12.2. The van der Waals surface area contributed by atoms with Crippen LogP contribution in [0, 0.1) is 12.7 Å². The van der Waals surface area contributed by atoms with E-state index in [1.165, 1.54) is 6.07 Å². The van der Waals surface area contributed by atoms with Crippen molar-refractivity contribution in [2.45, 2.75) is 26.2 Å². The number of halogens is 2. The second-order valence-electron chi connectivity index (χ2n) is 7.40. The highest BCUT2D eigenvalue weighted by Gasteiger charge is 2.24. The van der Waals surface area contributed by atoms with Crippen LogP contribution in [0.25, 0.3) is 0 Å². The zero-order valence-corrected chi connectivity index (χ0v) is 20.5. The van der Waals surface area contributed by atoms with Crippen molar-refractivity contribution in [3.05, 3.63) is 65.0 Å². The summed E-state index contributed by atoms with van der Waals surface area (Å²) in [5.74, 6) is -0.108. The van der Waals surface area contributed by atoms with E-state index < -0.39 is 5.82 Å². The third-order valence-corrected chi connectivity index (χ3v) is 5.06. The number of carbonyl (C=O) groups excluding carboxylic acids is 2. The molecule has 2 aromatic carbocycles. The number of nitrogens with one attached hydrogen (secondary N) is 4. The first-order valence-electron chi connectivity index (χ1n) is 10.4. The van der Waals surface area contributed by atoms with Crippen LogP contribution in [0.4, 0.5) is 10.1 Å². The molecule has 2 aromatic rings. The number of rotatable bonds is 7. The van der Waals surface area contributed by atoms with Gasteiger partial charge in [0.1, 0.15) is 5.82 Å². The predicted molar refractivity (Wildman–Crippen MR) is 135 cm³/mol. The first-order valence-corrected chi connectivity index (χ1v) is 10.4. The minimum Gasteiger partial charge on any atom is -0.357 e. The molecule has 3 rings (SSSR count). The monoisotopic (exact) mass is 553 g/mol. The van der Waals surface area contributed by atoms with E-state index in [2.05, 4.69) is 26.3 Å². The molecule has 32 heavy (non-hydrogen) atoms. The van der Waals surface area contributed by atoms with Crippen molar-refractivity contribution in [3.63, 3.8) is 0 Å². The highest BCUT2D eigenvalue weighted by molar-refractivity contribution is 14.0. The van der Waals surface area contributed by atoms with Gasteiger partial charge in [-0.3, -0.25) is 14.6 Å². The van der Waals surface area contributed by atoms with Gasteiger partial charge in [0.05, 0.1) is 6.54 Å². The minimum absolute atomic E-state index is 0. The Balaban J connectivity index is 0.00000363. The number of anilines is 1. The van der Waals surface area contributed by atoms with Crippen LogP contribution in [-0.4, -0.2) is 44.0 Å². The van der Waals surface area contributed by atoms with Crippen LogP contribution in [0.1, 0.15) is 40.7 Å². The number of aliphatic imine (C=N–C) groups is 1. The van der Waals surface area contributed by atoms with Gasteiger partial charge >= 0.3 is 0 Å². The van der Waals surface area contributed by atoms with Gasteiger partial charge in [0.2, 0.25) is 5.91 Å². The van der Waals surface area contributed by atoms with Crippen molar-refractivity contribution < 1.29 is 14.0 Å². The average Bonchev–Trinajstić information content (AvgIpc) is 2.76. The third-order valence-electron chi connectivity index (χ3n) is 5.06. The normalized spacial score (nSPS) is 15.2. The fraction of sp³-hybridized carbons (Fsp3) is 0.348. The lowest BCUT2D eigenvalue weighted by Gasteiger charge is -2.24. The number of fused-ring (bicyclic) bond motifs is 1. The summed E-state index contributed by atoms with van der Waals surface area (Å²) in [5, 5.41) is 12.0. The maximum absolute atomic E-state index is 13.6. The lowest BCUT2D eigenvalue weighted by molar-refractivity contribution is -0.116. The molecule has 1 atom stereocenters. The molecular weight excluding hydrogens is 524 g/mol. The Kier molecular flexibility index (Phi) is 9.89. The Hall–Kier alpha value is -2.69. The first kappa shape index (κ1) is 25.6. The molecule has 0 radical (unpaired) electrons. The van der Waals surface area contributed by atoms with Crippen molar-refractivity contribution >= 4 is 47.4 Å².